The van der Waals surface area contributed by atoms with Crippen LogP contribution in [0.3, 0.4) is 0 Å². The van der Waals surface area contributed by atoms with E-state index in [-0.39, 0.29) is 18.4 Å². The van der Waals surface area contributed by atoms with Crippen molar-refractivity contribution >= 4 is 18.0 Å². The number of amides is 2. The third-order valence-electron chi connectivity index (χ3n) is 4.50. The number of benzene rings is 1. The van der Waals surface area contributed by atoms with Gasteiger partial charge in [-0.2, -0.15) is 0 Å². The number of esters is 1. The van der Waals surface area contributed by atoms with E-state index < -0.39 is 24.1 Å². The Bertz CT molecular complexity index is 647. The highest BCUT2D eigenvalue weighted by atomic mass is 16.6. The summed E-state index contributed by atoms with van der Waals surface area (Å²) in [4.78, 5) is 38.5. The van der Waals surface area contributed by atoms with Crippen LogP contribution in [-0.2, 0) is 25.7 Å². The first-order valence-corrected chi connectivity index (χ1v) is 9.28. The standard InChI is InChI=1S/C20H28N2O5/c1-14(2)12-16(19(24)26-3)21-18(23)17-10-7-11-22(17)20(25)27-13-15-8-5-4-6-9-15/h4-6,8-9,14,16-17H,7,10-13H2,1-3H3,(H,21,23). The summed E-state index contributed by atoms with van der Waals surface area (Å²) in [5.41, 5.74) is 0.883. The molecule has 1 fully saturated rings. The summed E-state index contributed by atoms with van der Waals surface area (Å²) < 4.78 is 10.1. The molecule has 0 radical (unpaired) electrons. The SMILES string of the molecule is COC(=O)C(CC(C)C)NC(=O)C1CCCN1C(=O)OCc1ccccc1. The maximum atomic E-state index is 12.7. The Kier molecular flexibility index (Phi) is 7.64. The van der Waals surface area contributed by atoms with E-state index in [1.165, 1.54) is 12.0 Å². The molecule has 1 heterocycles. The molecule has 0 aliphatic carbocycles. The minimum Gasteiger partial charge on any atom is -0.467 e. The molecular weight excluding hydrogens is 348 g/mol. The molecule has 0 bridgehead atoms. The smallest absolute Gasteiger partial charge is 0.410 e. The van der Waals surface area contributed by atoms with Gasteiger partial charge in [-0.15, -0.1) is 0 Å². The van der Waals surface area contributed by atoms with E-state index in [0.717, 1.165) is 5.56 Å². The minimum absolute atomic E-state index is 0.155. The second kappa shape index (κ2) is 9.94. The number of likely N-dealkylation sites (tertiary alicyclic amines) is 1. The second-order valence-corrected chi connectivity index (χ2v) is 7.11. The molecule has 1 aromatic rings. The Balaban J connectivity index is 1.95. The zero-order valence-corrected chi connectivity index (χ0v) is 16.1. The third-order valence-corrected chi connectivity index (χ3v) is 4.50. The topological polar surface area (TPSA) is 84.9 Å². The molecule has 7 heteroatoms. The summed E-state index contributed by atoms with van der Waals surface area (Å²) in [6, 6.07) is 8.02. The molecule has 1 N–H and O–H groups in total. The third kappa shape index (κ3) is 5.98. The van der Waals surface area contributed by atoms with Gasteiger partial charge < -0.3 is 14.8 Å². The lowest BCUT2D eigenvalue weighted by Gasteiger charge is -2.26. The molecule has 2 amide bonds. The largest absolute Gasteiger partial charge is 0.467 e. The number of nitrogens with one attached hydrogen (secondary N) is 1. The lowest BCUT2D eigenvalue weighted by Crippen LogP contribution is -2.51. The van der Waals surface area contributed by atoms with Crippen molar-refractivity contribution < 1.29 is 23.9 Å². The van der Waals surface area contributed by atoms with Gasteiger partial charge in [0.2, 0.25) is 5.91 Å². The maximum Gasteiger partial charge on any atom is 0.410 e. The summed E-state index contributed by atoms with van der Waals surface area (Å²) in [5, 5.41) is 2.74. The van der Waals surface area contributed by atoms with Crippen molar-refractivity contribution in [2.45, 2.75) is 51.8 Å². The van der Waals surface area contributed by atoms with E-state index in [0.29, 0.717) is 25.8 Å². The number of carbonyl (C=O) groups excluding carboxylic acids is 3. The Hall–Kier alpha value is -2.57. The van der Waals surface area contributed by atoms with E-state index in [2.05, 4.69) is 5.32 Å². The molecule has 27 heavy (non-hydrogen) atoms. The van der Waals surface area contributed by atoms with Crippen molar-refractivity contribution in [3.63, 3.8) is 0 Å². The first-order chi connectivity index (χ1) is 12.9. The zero-order chi connectivity index (χ0) is 19.8. The fraction of sp³-hybridized carbons (Fsp3) is 0.550. The molecule has 1 aromatic carbocycles. The number of nitrogens with zero attached hydrogens (tertiary/aromatic N) is 1. The molecular formula is C20H28N2O5. The lowest BCUT2D eigenvalue weighted by molar-refractivity contribution is -0.146. The van der Waals surface area contributed by atoms with Crippen LogP contribution in [0.15, 0.2) is 30.3 Å². The monoisotopic (exact) mass is 376 g/mol. The highest BCUT2D eigenvalue weighted by Crippen LogP contribution is 2.20. The Morgan fingerprint density at radius 2 is 1.93 bits per heavy atom. The molecule has 2 rings (SSSR count). The maximum absolute atomic E-state index is 12.7. The number of hydrogen-bond acceptors (Lipinski definition) is 5. The Morgan fingerprint density at radius 3 is 2.56 bits per heavy atom. The minimum atomic E-state index is -0.717. The number of rotatable bonds is 7. The van der Waals surface area contributed by atoms with Gasteiger partial charge in [-0.3, -0.25) is 9.69 Å². The molecule has 2 unspecified atom stereocenters. The molecule has 1 saturated heterocycles. The van der Waals surface area contributed by atoms with Crippen LogP contribution in [-0.4, -0.2) is 48.6 Å². The predicted octanol–water partition coefficient (Wildman–Crippen LogP) is 2.49. The van der Waals surface area contributed by atoms with Crippen molar-refractivity contribution in [2.75, 3.05) is 13.7 Å². The molecule has 148 valence electrons. The van der Waals surface area contributed by atoms with Crippen LogP contribution in [0.4, 0.5) is 4.79 Å². The van der Waals surface area contributed by atoms with Crippen molar-refractivity contribution in [3.8, 4) is 0 Å². The van der Waals surface area contributed by atoms with Gasteiger partial charge in [0.15, 0.2) is 0 Å². The van der Waals surface area contributed by atoms with Gasteiger partial charge in [-0.1, -0.05) is 44.2 Å². The Morgan fingerprint density at radius 1 is 1.22 bits per heavy atom. The van der Waals surface area contributed by atoms with E-state index in [9.17, 15) is 14.4 Å². The summed E-state index contributed by atoms with van der Waals surface area (Å²) in [7, 11) is 1.30. The van der Waals surface area contributed by atoms with Gasteiger partial charge in [0.25, 0.3) is 0 Å². The van der Waals surface area contributed by atoms with Crippen LogP contribution in [0.1, 0.15) is 38.7 Å². The highest BCUT2D eigenvalue weighted by Gasteiger charge is 2.37. The van der Waals surface area contributed by atoms with E-state index in [4.69, 9.17) is 9.47 Å². The number of carbonyl (C=O) groups is 3. The summed E-state index contributed by atoms with van der Waals surface area (Å²) in [6.45, 7) is 4.54. The Labute approximate surface area is 160 Å². The fourth-order valence-corrected chi connectivity index (χ4v) is 3.16. The molecule has 0 saturated carbocycles. The summed E-state index contributed by atoms with van der Waals surface area (Å²) in [5.74, 6) is -0.613. The van der Waals surface area contributed by atoms with Crippen LogP contribution in [0.5, 0.6) is 0 Å². The van der Waals surface area contributed by atoms with Crippen molar-refractivity contribution in [2.24, 2.45) is 5.92 Å². The van der Waals surface area contributed by atoms with Gasteiger partial charge in [0.1, 0.15) is 18.7 Å². The number of ether oxygens (including phenoxy) is 2. The molecule has 0 aromatic heterocycles. The normalized spacial score (nSPS) is 17.5. The predicted molar refractivity (Wildman–Crippen MR) is 99.8 cm³/mol. The van der Waals surface area contributed by atoms with Gasteiger partial charge in [0, 0.05) is 6.54 Å². The molecule has 1 aliphatic rings. The van der Waals surface area contributed by atoms with E-state index >= 15 is 0 Å². The summed E-state index contributed by atoms with van der Waals surface area (Å²) in [6.07, 6.45) is 1.21. The average Bonchev–Trinajstić information content (AvgIpc) is 3.15. The van der Waals surface area contributed by atoms with Crippen molar-refractivity contribution in [1.82, 2.24) is 10.2 Å². The molecule has 7 nitrogen and oxygen atoms in total. The molecule has 0 spiro atoms. The van der Waals surface area contributed by atoms with Crippen LogP contribution >= 0.6 is 0 Å². The van der Waals surface area contributed by atoms with Gasteiger partial charge in [0.05, 0.1) is 7.11 Å². The number of hydrogen-bond donors (Lipinski definition) is 1. The van der Waals surface area contributed by atoms with Crippen LogP contribution in [0.25, 0.3) is 0 Å². The average molecular weight is 376 g/mol. The van der Waals surface area contributed by atoms with Crippen LogP contribution in [0, 0.1) is 5.92 Å². The van der Waals surface area contributed by atoms with Crippen LogP contribution in [0.2, 0.25) is 0 Å². The van der Waals surface area contributed by atoms with Gasteiger partial charge >= 0.3 is 12.1 Å². The van der Waals surface area contributed by atoms with E-state index in [1.807, 2.05) is 44.2 Å². The quantitative estimate of drug-likeness (QED) is 0.739. The second-order valence-electron chi connectivity index (χ2n) is 7.11. The van der Waals surface area contributed by atoms with Gasteiger partial charge in [-0.05, 0) is 30.7 Å². The first kappa shape index (κ1) is 20.7. The molecule has 1 aliphatic heterocycles. The van der Waals surface area contributed by atoms with Gasteiger partial charge in [-0.25, -0.2) is 9.59 Å². The highest BCUT2D eigenvalue weighted by molar-refractivity contribution is 5.90. The van der Waals surface area contributed by atoms with E-state index in [1.54, 1.807) is 0 Å². The summed E-state index contributed by atoms with van der Waals surface area (Å²) >= 11 is 0. The lowest BCUT2D eigenvalue weighted by atomic mass is 10.0. The molecule has 2 atom stereocenters. The van der Waals surface area contributed by atoms with Crippen LogP contribution < -0.4 is 5.32 Å². The fourth-order valence-electron chi connectivity index (χ4n) is 3.16. The van der Waals surface area contributed by atoms with Crippen molar-refractivity contribution in [3.05, 3.63) is 35.9 Å². The number of methoxy groups -OCH3 is 1. The first-order valence-electron chi connectivity index (χ1n) is 9.28. The zero-order valence-electron chi connectivity index (χ0n) is 16.1. The van der Waals surface area contributed by atoms with Crippen molar-refractivity contribution in [1.29, 1.82) is 0 Å².